The van der Waals surface area contributed by atoms with E-state index in [1.165, 1.54) is 9.20 Å². The highest BCUT2D eigenvalue weighted by Gasteiger charge is 2.34. The summed E-state index contributed by atoms with van der Waals surface area (Å²) < 4.78 is 8.55. The van der Waals surface area contributed by atoms with Gasteiger partial charge >= 0.3 is 0 Å². The Morgan fingerprint density at radius 2 is 2.03 bits per heavy atom. The number of carbonyl (C=O) groups is 1. The average molecular weight is 395 g/mol. The third-order valence-corrected chi connectivity index (χ3v) is 5.48. The number of hydrogen-bond donors (Lipinski definition) is 1. The molecule has 1 aliphatic heterocycles. The Hall–Kier alpha value is -3.14. The van der Waals surface area contributed by atoms with Crippen molar-refractivity contribution in [3.05, 3.63) is 51.0 Å². The third kappa shape index (κ3) is 3.09. The average Bonchev–Trinajstić information content (AvgIpc) is 3.39. The van der Waals surface area contributed by atoms with Crippen molar-refractivity contribution >= 4 is 11.7 Å². The lowest BCUT2D eigenvalue weighted by atomic mass is 10.1. The highest BCUT2D eigenvalue weighted by Crippen LogP contribution is 2.21. The van der Waals surface area contributed by atoms with Gasteiger partial charge in [0.2, 0.25) is 5.82 Å². The van der Waals surface area contributed by atoms with Gasteiger partial charge < -0.3 is 10.1 Å². The zero-order valence-corrected chi connectivity index (χ0v) is 16.3. The van der Waals surface area contributed by atoms with Crippen molar-refractivity contribution in [2.24, 2.45) is 0 Å². The monoisotopic (exact) mass is 395 g/mol. The number of rotatable bonds is 3. The smallest absolute Gasteiger partial charge is 0.291 e. The molecule has 0 spiro atoms. The molecule has 2 atom stereocenters. The molecule has 3 aromatic rings. The van der Waals surface area contributed by atoms with Crippen LogP contribution in [-0.2, 0) is 17.6 Å². The van der Waals surface area contributed by atoms with Crippen LogP contribution in [0.4, 0.5) is 0 Å². The van der Waals surface area contributed by atoms with Crippen molar-refractivity contribution < 1.29 is 9.53 Å². The predicted molar refractivity (Wildman–Crippen MR) is 102 cm³/mol. The van der Waals surface area contributed by atoms with E-state index in [0.717, 1.165) is 41.9 Å². The van der Waals surface area contributed by atoms with E-state index in [1.54, 1.807) is 6.07 Å². The molecule has 29 heavy (non-hydrogen) atoms. The molecule has 1 saturated heterocycles. The van der Waals surface area contributed by atoms with Crippen LogP contribution in [0.3, 0.4) is 0 Å². The summed E-state index contributed by atoms with van der Waals surface area (Å²) in [7, 11) is 0. The largest absolute Gasteiger partial charge is 0.377 e. The van der Waals surface area contributed by atoms with Crippen LogP contribution in [0.5, 0.6) is 0 Å². The first-order valence-electron chi connectivity index (χ1n) is 9.71. The standard InChI is InChI=1S/C19H21N7O3/c1-10-6-11(2)25-19(20-10)22-17(24-25)18(28)21-14-8-29-9-15(14)26-16(27)7-12-4-3-5-13(12)23-26/h6-7,14-15H,3-5,8-9H2,1-2H3,(H,21,28). The molecular weight excluding hydrogens is 374 g/mol. The molecule has 4 heterocycles. The SMILES string of the molecule is Cc1cc(C)n2nc(C(=O)NC3COCC3n3nc4c(cc3=O)CCC4)nc2n1. The Labute approximate surface area is 165 Å². The minimum Gasteiger partial charge on any atom is -0.377 e. The van der Waals surface area contributed by atoms with Gasteiger partial charge in [0, 0.05) is 17.5 Å². The maximum Gasteiger partial charge on any atom is 0.291 e. The number of fused-ring (bicyclic) bond motifs is 2. The summed E-state index contributed by atoms with van der Waals surface area (Å²) in [5.41, 5.74) is 3.47. The second-order valence-corrected chi connectivity index (χ2v) is 7.62. The van der Waals surface area contributed by atoms with E-state index < -0.39 is 11.9 Å². The molecule has 1 fully saturated rings. The Morgan fingerprint density at radius 3 is 2.90 bits per heavy atom. The molecule has 0 aromatic carbocycles. The summed E-state index contributed by atoms with van der Waals surface area (Å²) in [5, 5.41) is 11.7. The fourth-order valence-electron chi connectivity index (χ4n) is 4.07. The minimum atomic E-state index is -0.428. The second-order valence-electron chi connectivity index (χ2n) is 7.62. The van der Waals surface area contributed by atoms with Crippen molar-refractivity contribution in [1.29, 1.82) is 0 Å². The van der Waals surface area contributed by atoms with E-state index in [2.05, 4.69) is 25.5 Å². The van der Waals surface area contributed by atoms with Crippen molar-refractivity contribution in [3.8, 4) is 0 Å². The predicted octanol–water partition coefficient (Wildman–Crippen LogP) is 0.156. The lowest BCUT2D eigenvalue weighted by Crippen LogP contribution is -2.44. The Bertz CT molecular complexity index is 1180. The molecule has 0 bridgehead atoms. The molecule has 1 amide bonds. The molecule has 10 nitrogen and oxygen atoms in total. The van der Waals surface area contributed by atoms with Gasteiger partial charge in [-0.3, -0.25) is 9.59 Å². The molecule has 150 valence electrons. The van der Waals surface area contributed by atoms with Crippen LogP contribution < -0.4 is 10.9 Å². The van der Waals surface area contributed by atoms with Crippen molar-refractivity contribution in [2.45, 2.75) is 45.2 Å². The molecule has 2 aliphatic rings. The number of hydrogen-bond acceptors (Lipinski definition) is 7. The fourth-order valence-corrected chi connectivity index (χ4v) is 4.07. The maximum absolute atomic E-state index is 12.8. The van der Waals surface area contributed by atoms with E-state index in [9.17, 15) is 9.59 Å². The summed E-state index contributed by atoms with van der Waals surface area (Å²) in [6.07, 6.45) is 2.78. The normalized spacial score (nSPS) is 20.9. The summed E-state index contributed by atoms with van der Waals surface area (Å²) >= 11 is 0. The second kappa shape index (κ2) is 6.73. The molecule has 10 heteroatoms. The lowest BCUT2D eigenvalue weighted by molar-refractivity contribution is 0.0914. The lowest BCUT2D eigenvalue weighted by Gasteiger charge is -2.20. The highest BCUT2D eigenvalue weighted by atomic mass is 16.5. The summed E-state index contributed by atoms with van der Waals surface area (Å²) in [4.78, 5) is 33.9. The minimum absolute atomic E-state index is 0.0334. The van der Waals surface area contributed by atoms with Gasteiger partial charge in [0.25, 0.3) is 17.2 Å². The zero-order chi connectivity index (χ0) is 20.1. The molecular formula is C19H21N7O3. The van der Waals surface area contributed by atoms with Crippen LogP contribution >= 0.6 is 0 Å². The Kier molecular flexibility index (Phi) is 4.16. The molecule has 0 radical (unpaired) electrons. The van der Waals surface area contributed by atoms with Gasteiger partial charge in [0.05, 0.1) is 24.9 Å². The van der Waals surface area contributed by atoms with Gasteiger partial charge in [-0.05, 0) is 44.7 Å². The number of nitrogens with zero attached hydrogens (tertiary/aromatic N) is 6. The van der Waals surface area contributed by atoms with Crippen LogP contribution in [0.2, 0.25) is 0 Å². The molecule has 1 N–H and O–H groups in total. The van der Waals surface area contributed by atoms with E-state index in [1.807, 2.05) is 19.9 Å². The molecule has 3 aromatic heterocycles. The number of aryl methyl sites for hydroxylation is 4. The van der Waals surface area contributed by atoms with Crippen molar-refractivity contribution in [3.63, 3.8) is 0 Å². The first kappa shape index (κ1) is 17.9. The van der Waals surface area contributed by atoms with Gasteiger partial charge in [-0.25, -0.2) is 14.2 Å². The van der Waals surface area contributed by atoms with Gasteiger partial charge in [0.15, 0.2) is 0 Å². The summed E-state index contributed by atoms with van der Waals surface area (Å²) in [5.74, 6) is -0.0169. The molecule has 5 rings (SSSR count). The number of carbonyl (C=O) groups excluding carboxylic acids is 1. The zero-order valence-electron chi connectivity index (χ0n) is 16.3. The van der Waals surface area contributed by atoms with Crippen molar-refractivity contribution in [1.82, 2.24) is 34.7 Å². The van der Waals surface area contributed by atoms with Gasteiger partial charge in [-0.1, -0.05) is 0 Å². The first-order valence-corrected chi connectivity index (χ1v) is 9.71. The Balaban J connectivity index is 1.41. The molecule has 0 saturated carbocycles. The third-order valence-electron chi connectivity index (χ3n) is 5.48. The molecule has 1 aliphatic carbocycles. The number of amides is 1. The highest BCUT2D eigenvalue weighted by molar-refractivity contribution is 5.91. The van der Waals surface area contributed by atoms with Gasteiger partial charge in [-0.15, -0.1) is 5.10 Å². The van der Waals surface area contributed by atoms with E-state index in [4.69, 9.17) is 4.74 Å². The first-order chi connectivity index (χ1) is 14.0. The van der Waals surface area contributed by atoms with Crippen LogP contribution in [0.15, 0.2) is 16.9 Å². The number of nitrogens with one attached hydrogen (secondary N) is 1. The summed E-state index contributed by atoms with van der Waals surface area (Å²) in [6, 6.07) is 2.77. The van der Waals surface area contributed by atoms with Gasteiger partial charge in [-0.2, -0.15) is 10.1 Å². The fraction of sp³-hybridized carbons (Fsp3) is 0.474. The van der Waals surface area contributed by atoms with Gasteiger partial charge in [0.1, 0.15) is 6.04 Å². The van der Waals surface area contributed by atoms with Crippen LogP contribution in [0, 0.1) is 13.8 Å². The van der Waals surface area contributed by atoms with E-state index >= 15 is 0 Å². The van der Waals surface area contributed by atoms with E-state index in [0.29, 0.717) is 19.0 Å². The van der Waals surface area contributed by atoms with Crippen LogP contribution in [-0.4, -0.2) is 54.5 Å². The van der Waals surface area contributed by atoms with E-state index in [-0.39, 0.29) is 17.4 Å². The quantitative estimate of drug-likeness (QED) is 0.671. The number of aromatic nitrogens is 6. The Morgan fingerprint density at radius 1 is 1.17 bits per heavy atom. The topological polar surface area (TPSA) is 116 Å². The molecule has 2 unspecified atom stereocenters. The van der Waals surface area contributed by atoms with Crippen LogP contribution in [0.1, 0.15) is 45.7 Å². The van der Waals surface area contributed by atoms with Crippen molar-refractivity contribution in [2.75, 3.05) is 13.2 Å². The van der Waals surface area contributed by atoms with Crippen LogP contribution in [0.25, 0.3) is 5.78 Å². The number of ether oxygens (including phenoxy) is 1. The summed E-state index contributed by atoms with van der Waals surface area (Å²) in [6.45, 7) is 4.36. The maximum atomic E-state index is 12.8.